The average Bonchev–Trinajstić information content (AvgIpc) is 2.94. The largest absolute Gasteiger partial charge is 0.338 e. The molecular weight excluding hydrogens is 470 g/mol. The van der Waals surface area contributed by atoms with Crippen molar-refractivity contribution < 1.29 is 4.79 Å². The molecule has 1 heterocycles. The lowest BCUT2D eigenvalue weighted by Gasteiger charge is -2.34. The molecule has 196 valence electrons. The van der Waals surface area contributed by atoms with E-state index in [1.165, 1.54) is 16.7 Å². The number of hydrogen-bond acceptors (Lipinski definition) is 5. The zero-order valence-corrected chi connectivity index (χ0v) is 22.2. The van der Waals surface area contributed by atoms with Gasteiger partial charge in [0.05, 0.1) is 11.6 Å². The van der Waals surface area contributed by atoms with E-state index in [0.717, 1.165) is 55.8 Å². The minimum absolute atomic E-state index is 0.244. The fraction of sp³-hybridized carbons (Fsp3) is 0.375. The number of nitrogens with two attached hydrogens (primary N) is 1. The lowest BCUT2D eigenvalue weighted by molar-refractivity contribution is -0.127. The topological polar surface area (TPSA) is 85.4 Å². The Balaban J connectivity index is 1.16. The van der Waals surface area contributed by atoms with Crippen molar-refractivity contribution in [2.75, 3.05) is 33.2 Å². The normalized spacial score (nSPS) is 20.8. The van der Waals surface area contributed by atoms with Gasteiger partial charge in [0, 0.05) is 39.1 Å². The van der Waals surface area contributed by atoms with Crippen LogP contribution in [-0.2, 0) is 30.6 Å². The molecule has 6 heteroatoms. The van der Waals surface area contributed by atoms with Crippen LogP contribution in [0.2, 0.25) is 0 Å². The standard InChI is InChI=1S/C32H37N5O/c1-36-16-18-37(19-17-36)23-25-8-12-28(13-9-25)27-10-6-24(7-11-27)20-30(22-33)35-31(38)32(34)15-14-26-4-2-3-5-29(26)21-32/h2-13,30H,14-21,23,34H2,1H3,(H,35,38). The van der Waals surface area contributed by atoms with Gasteiger partial charge in [-0.05, 0) is 59.7 Å². The fourth-order valence-corrected chi connectivity index (χ4v) is 5.52. The van der Waals surface area contributed by atoms with Crippen LogP contribution in [0.4, 0.5) is 0 Å². The molecule has 0 aromatic heterocycles. The van der Waals surface area contributed by atoms with Gasteiger partial charge >= 0.3 is 0 Å². The third-order valence-corrected chi connectivity index (χ3v) is 8.06. The number of carbonyl (C=O) groups is 1. The number of piperazine rings is 1. The van der Waals surface area contributed by atoms with Crippen molar-refractivity contribution in [3.05, 3.63) is 95.1 Å². The van der Waals surface area contributed by atoms with E-state index in [2.05, 4.69) is 70.7 Å². The predicted octanol–water partition coefficient (Wildman–Crippen LogP) is 3.54. The maximum absolute atomic E-state index is 13.1. The Morgan fingerprint density at radius 1 is 0.947 bits per heavy atom. The second kappa shape index (κ2) is 11.5. The summed E-state index contributed by atoms with van der Waals surface area (Å²) in [5.41, 5.74) is 12.6. The van der Waals surface area contributed by atoms with Crippen molar-refractivity contribution in [1.82, 2.24) is 15.1 Å². The van der Waals surface area contributed by atoms with Crippen molar-refractivity contribution in [2.45, 2.75) is 43.8 Å². The third kappa shape index (κ3) is 6.14. The van der Waals surface area contributed by atoms with E-state index < -0.39 is 11.6 Å². The highest BCUT2D eigenvalue weighted by Gasteiger charge is 2.38. The number of amides is 1. The Hall–Kier alpha value is -3.50. The summed E-state index contributed by atoms with van der Waals surface area (Å²) in [5, 5.41) is 12.7. The van der Waals surface area contributed by atoms with Gasteiger partial charge in [0.25, 0.3) is 0 Å². The summed E-state index contributed by atoms with van der Waals surface area (Å²) in [5.74, 6) is -0.244. The Morgan fingerprint density at radius 2 is 1.55 bits per heavy atom. The molecular formula is C32H37N5O. The van der Waals surface area contributed by atoms with E-state index in [4.69, 9.17) is 5.73 Å². The van der Waals surface area contributed by atoms with Crippen LogP contribution in [0.25, 0.3) is 11.1 Å². The fourth-order valence-electron chi connectivity index (χ4n) is 5.52. The summed E-state index contributed by atoms with van der Waals surface area (Å²) in [7, 11) is 2.18. The van der Waals surface area contributed by atoms with E-state index in [-0.39, 0.29) is 5.91 Å². The SMILES string of the molecule is CN1CCN(Cc2ccc(-c3ccc(CC(C#N)NC(=O)C4(N)CCc5ccccc5C4)cc3)cc2)CC1. The quantitative estimate of drug-likeness (QED) is 0.511. The lowest BCUT2D eigenvalue weighted by atomic mass is 9.78. The lowest BCUT2D eigenvalue weighted by Crippen LogP contribution is -2.59. The molecule has 0 spiro atoms. The molecule has 3 N–H and O–H groups in total. The van der Waals surface area contributed by atoms with Crippen LogP contribution in [0.3, 0.4) is 0 Å². The highest BCUT2D eigenvalue weighted by Crippen LogP contribution is 2.27. The highest BCUT2D eigenvalue weighted by molar-refractivity contribution is 5.87. The number of hydrogen-bond donors (Lipinski definition) is 2. The second-order valence-corrected chi connectivity index (χ2v) is 10.9. The minimum Gasteiger partial charge on any atom is -0.338 e. The van der Waals surface area contributed by atoms with Crippen LogP contribution in [-0.4, -0.2) is 60.5 Å². The monoisotopic (exact) mass is 507 g/mol. The van der Waals surface area contributed by atoms with E-state index in [1.54, 1.807) is 0 Å². The van der Waals surface area contributed by atoms with Crippen LogP contribution in [0.15, 0.2) is 72.8 Å². The van der Waals surface area contributed by atoms with Gasteiger partial charge in [-0.25, -0.2) is 0 Å². The zero-order chi connectivity index (χ0) is 26.5. The molecule has 3 aromatic rings. The maximum atomic E-state index is 13.1. The van der Waals surface area contributed by atoms with Gasteiger partial charge in [0.15, 0.2) is 0 Å². The van der Waals surface area contributed by atoms with Crippen molar-refractivity contribution in [3.63, 3.8) is 0 Å². The summed E-state index contributed by atoms with van der Waals surface area (Å²) in [6.07, 6.45) is 2.29. The molecule has 1 amide bonds. The molecule has 1 aliphatic heterocycles. The van der Waals surface area contributed by atoms with E-state index in [9.17, 15) is 10.1 Å². The third-order valence-electron chi connectivity index (χ3n) is 8.06. The van der Waals surface area contributed by atoms with Crippen LogP contribution in [0.5, 0.6) is 0 Å². The number of nitrogens with one attached hydrogen (secondary N) is 1. The Bertz CT molecular complexity index is 1290. The number of likely N-dealkylation sites (N-methyl/N-ethyl adjacent to an activating group) is 1. The predicted molar refractivity (Wildman–Crippen MR) is 151 cm³/mol. The first-order valence-electron chi connectivity index (χ1n) is 13.6. The second-order valence-electron chi connectivity index (χ2n) is 10.9. The summed E-state index contributed by atoms with van der Waals surface area (Å²) < 4.78 is 0. The summed E-state index contributed by atoms with van der Waals surface area (Å²) in [6.45, 7) is 5.48. The number of nitrogens with zero attached hydrogens (tertiary/aromatic N) is 3. The maximum Gasteiger partial charge on any atom is 0.241 e. The molecule has 3 aromatic carbocycles. The van der Waals surface area contributed by atoms with Crippen molar-refractivity contribution in [1.29, 1.82) is 5.26 Å². The molecule has 2 atom stereocenters. The molecule has 0 saturated carbocycles. The van der Waals surface area contributed by atoms with Gasteiger partial charge in [-0.15, -0.1) is 0 Å². The van der Waals surface area contributed by atoms with Gasteiger partial charge in [-0.2, -0.15) is 5.26 Å². The molecule has 2 unspecified atom stereocenters. The molecule has 0 radical (unpaired) electrons. The number of aryl methyl sites for hydroxylation is 1. The number of rotatable bonds is 7. The Morgan fingerprint density at radius 3 is 2.18 bits per heavy atom. The van der Waals surface area contributed by atoms with Crippen molar-refractivity contribution in [3.8, 4) is 17.2 Å². The van der Waals surface area contributed by atoms with Gasteiger partial charge < -0.3 is 16.0 Å². The highest BCUT2D eigenvalue weighted by atomic mass is 16.2. The van der Waals surface area contributed by atoms with E-state index in [0.29, 0.717) is 19.3 Å². The van der Waals surface area contributed by atoms with Crippen LogP contribution in [0.1, 0.15) is 28.7 Å². The summed E-state index contributed by atoms with van der Waals surface area (Å²) in [6, 6.07) is 26.8. The number of nitriles is 1. The molecule has 1 fully saturated rings. The van der Waals surface area contributed by atoms with Crippen LogP contribution < -0.4 is 11.1 Å². The molecule has 38 heavy (non-hydrogen) atoms. The number of fused-ring (bicyclic) bond motifs is 1. The first-order valence-corrected chi connectivity index (χ1v) is 13.6. The van der Waals surface area contributed by atoms with Crippen LogP contribution in [0, 0.1) is 11.3 Å². The first kappa shape index (κ1) is 26.1. The van der Waals surface area contributed by atoms with Gasteiger partial charge in [-0.1, -0.05) is 72.8 Å². The molecule has 6 nitrogen and oxygen atoms in total. The Labute approximate surface area is 226 Å². The zero-order valence-electron chi connectivity index (χ0n) is 22.2. The van der Waals surface area contributed by atoms with Gasteiger partial charge in [0.1, 0.15) is 6.04 Å². The summed E-state index contributed by atoms with van der Waals surface area (Å²) in [4.78, 5) is 18.0. The van der Waals surface area contributed by atoms with Gasteiger partial charge in [0.2, 0.25) is 5.91 Å². The summed E-state index contributed by atoms with van der Waals surface area (Å²) >= 11 is 0. The number of carbonyl (C=O) groups excluding carboxylic acids is 1. The van der Waals surface area contributed by atoms with E-state index in [1.807, 2.05) is 30.3 Å². The van der Waals surface area contributed by atoms with E-state index >= 15 is 0 Å². The average molecular weight is 508 g/mol. The van der Waals surface area contributed by atoms with Gasteiger partial charge in [-0.3, -0.25) is 9.69 Å². The smallest absolute Gasteiger partial charge is 0.241 e. The van der Waals surface area contributed by atoms with Crippen molar-refractivity contribution >= 4 is 5.91 Å². The first-order chi connectivity index (χ1) is 18.4. The van der Waals surface area contributed by atoms with Crippen LogP contribution >= 0.6 is 0 Å². The molecule has 0 bridgehead atoms. The molecule has 1 saturated heterocycles. The van der Waals surface area contributed by atoms with Crippen molar-refractivity contribution in [2.24, 2.45) is 5.73 Å². The number of benzene rings is 3. The minimum atomic E-state index is -0.982. The Kier molecular flexibility index (Phi) is 7.90. The molecule has 2 aliphatic rings. The molecule has 5 rings (SSSR count). The molecule has 1 aliphatic carbocycles.